The van der Waals surface area contributed by atoms with E-state index in [2.05, 4.69) is 14.8 Å². The maximum absolute atomic E-state index is 11.8. The molecule has 1 saturated heterocycles. The predicted octanol–water partition coefficient (Wildman–Crippen LogP) is 2.75. The first-order valence-corrected chi connectivity index (χ1v) is 10.4. The topological polar surface area (TPSA) is 61.3 Å². The van der Waals surface area contributed by atoms with E-state index in [1.807, 2.05) is 18.2 Å². The van der Waals surface area contributed by atoms with Crippen LogP contribution in [0.4, 0.5) is 0 Å². The molecule has 1 N–H and O–H groups in total. The van der Waals surface area contributed by atoms with Gasteiger partial charge in [0.1, 0.15) is 0 Å². The van der Waals surface area contributed by atoms with Crippen molar-refractivity contribution in [3.05, 3.63) is 66.4 Å². The lowest BCUT2D eigenvalue weighted by Crippen LogP contribution is -2.46. The SMILES string of the molecule is Cc1cn(CCCCN2CCN(Cc3ccc(Cl)c(Cl)c3)CC2)c(=O)[nH]c1=O. The van der Waals surface area contributed by atoms with E-state index in [-0.39, 0.29) is 11.2 Å². The van der Waals surface area contributed by atoms with E-state index in [9.17, 15) is 9.59 Å². The zero-order chi connectivity index (χ0) is 20.1. The van der Waals surface area contributed by atoms with Crippen LogP contribution in [0.5, 0.6) is 0 Å². The lowest BCUT2D eigenvalue weighted by Gasteiger charge is -2.34. The van der Waals surface area contributed by atoms with Gasteiger partial charge in [-0.15, -0.1) is 0 Å². The number of aromatic amines is 1. The number of nitrogens with one attached hydrogen (secondary N) is 1. The summed E-state index contributed by atoms with van der Waals surface area (Å²) in [6.07, 6.45) is 3.58. The minimum Gasteiger partial charge on any atom is -0.301 e. The molecule has 0 bridgehead atoms. The van der Waals surface area contributed by atoms with Crippen LogP contribution in [0, 0.1) is 6.92 Å². The summed E-state index contributed by atoms with van der Waals surface area (Å²) >= 11 is 12.1. The summed E-state index contributed by atoms with van der Waals surface area (Å²) in [5.41, 5.74) is 1.12. The van der Waals surface area contributed by atoms with E-state index in [4.69, 9.17) is 23.2 Å². The second-order valence-electron chi connectivity index (χ2n) is 7.34. The van der Waals surface area contributed by atoms with Crippen molar-refractivity contribution in [1.29, 1.82) is 0 Å². The van der Waals surface area contributed by atoms with Crippen molar-refractivity contribution in [2.24, 2.45) is 0 Å². The van der Waals surface area contributed by atoms with Gasteiger partial charge in [0, 0.05) is 51.0 Å². The molecule has 152 valence electrons. The zero-order valence-corrected chi connectivity index (χ0v) is 17.6. The van der Waals surface area contributed by atoms with E-state index >= 15 is 0 Å². The Bertz CT molecular complexity index is 917. The molecule has 0 radical (unpaired) electrons. The van der Waals surface area contributed by atoms with Crippen LogP contribution in [0.15, 0.2) is 34.0 Å². The molecule has 2 heterocycles. The molecule has 28 heavy (non-hydrogen) atoms. The Hall–Kier alpha value is -1.60. The maximum Gasteiger partial charge on any atom is 0.328 e. The fourth-order valence-electron chi connectivity index (χ4n) is 3.47. The monoisotopic (exact) mass is 424 g/mol. The molecular formula is C20H26Cl2N4O2. The van der Waals surface area contributed by atoms with Crippen LogP contribution in [0.25, 0.3) is 0 Å². The highest BCUT2D eigenvalue weighted by molar-refractivity contribution is 6.42. The number of unbranched alkanes of at least 4 members (excludes halogenated alkanes) is 1. The van der Waals surface area contributed by atoms with Crippen molar-refractivity contribution in [2.45, 2.75) is 32.9 Å². The Labute approximate surface area is 174 Å². The van der Waals surface area contributed by atoms with E-state index in [1.54, 1.807) is 17.7 Å². The first kappa shape index (κ1) is 21.1. The summed E-state index contributed by atoms with van der Waals surface area (Å²) in [5.74, 6) is 0. The fourth-order valence-corrected chi connectivity index (χ4v) is 3.79. The van der Waals surface area contributed by atoms with Crippen molar-refractivity contribution >= 4 is 23.2 Å². The number of aromatic nitrogens is 2. The van der Waals surface area contributed by atoms with Gasteiger partial charge in [0.2, 0.25) is 0 Å². The molecule has 0 unspecified atom stereocenters. The highest BCUT2D eigenvalue weighted by Gasteiger charge is 2.16. The summed E-state index contributed by atoms with van der Waals surface area (Å²) in [4.78, 5) is 30.4. The maximum atomic E-state index is 11.8. The molecule has 1 aromatic carbocycles. The van der Waals surface area contributed by atoms with Crippen LogP contribution in [0.3, 0.4) is 0 Å². The number of H-pyrrole nitrogens is 1. The minimum absolute atomic E-state index is 0.306. The quantitative estimate of drug-likeness (QED) is 0.694. The van der Waals surface area contributed by atoms with Crippen molar-refractivity contribution in [2.75, 3.05) is 32.7 Å². The molecular weight excluding hydrogens is 399 g/mol. The summed E-state index contributed by atoms with van der Waals surface area (Å²) in [6.45, 7) is 8.40. The molecule has 0 amide bonds. The van der Waals surface area contributed by atoms with Gasteiger partial charge in [-0.25, -0.2) is 4.79 Å². The normalized spacial score (nSPS) is 15.8. The van der Waals surface area contributed by atoms with Gasteiger partial charge in [-0.3, -0.25) is 14.7 Å². The third kappa shape index (κ3) is 5.70. The molecule has 0 atom stereocenters. The van der Waals surface area contributed by atoms with Crippen LogP contribution >= 0.6 is 23.2 Å². The summed E-state index contributed by atoms with van der Waals surface area (Å²) in [6, 6.07) is 5.82. The summed E-state index contributed by atoms with van der Waals surface area (Å²) in [7, 11) is 0. The van der Waals surface area contributed by atoms with Crippen molar-refractivity contribution in [3.63, 3.8) is 0 Å². The Morgan fingerprint density at radius 2 is 1.64 bits per heavy atom. The van der Waals surface area contributed by atoms with Crippen molar-refractivity contribution in [3.8, 4) is 0 Å². The molecule has 1 aliphatic heterocycles. The van der Waals surface area contributed by atoms with Crippen molar-refractivity contribution < 1.29 is 0 Å². The van der Waals surface area contributed by atoms with Gasteiger partial charge in [0.15, 0.2) is 0 Å². The number of piperazine rings is 1. The van der Waals surface area contributed by atoms with Gasteiger partial charge in [-0.2, -0.15) is 0 Å². The molecule has 6 nitrogen and oxygen atoms in total. The van der Waals surface area contributed by atoms with E-state index < -0.39 is 0 Å². The number of hydrogen-bond donors (Lipinski definition) is 1. The molecule has 1 aromatic heterocycles. The Morgan fingerprint density at radius 3 is 2.36 bits per heavy atom. The van der Waals surface area contributed by atoms with Gasteiger partial charge >= 0.3 is 5.69 Å². The first-order chi connectivity index (χ1) is 13.4. The minimum atomic E-state index is -0.327. The number of nitrogens with zero attached hydrogens (tertiary/aromatic N) is 3. The molecule has 8 heteroatoms. The van der Waals surface area contributed by atoms with Gasteiger partial charge in [0.05, 0.1) is 10.0 Å². The number of halogens is 2. The average Bonchev–Trinajstić information content (AvgIpc) is 2.67. The van der Waals surface area contributed by atoms with E-state index in [0.717, 1.165) is 52.1 Å². The van der Waals surface area contributed by atoms with Crippen LogP contribution < -0.4 is 11.2 Å². The summed E-state index contributed by atoms with van der Waals surface area (Å²) in [5, 5.41) is 1.20. The van der Waals surface area contributed by atoms with Crippen LogP contribution in [0.2, 0.25) is 10.0 Å². The zero-order valence-electron chi connectivity index (χ0n) is 16.1. The molecule has 0 aliphatic carbocycles. The van der Waals surface area contributed by atoms with Gasteiger partial charge < -0.3 is 9.47 Å². The van der Waals surface area contributed by atoms with E-state index in [0.29, 0.717) is 22.2 Å². The van der Waals surface area contributed by atoms with Gasteiger partial charge in [0.25, 0.3) is 5.56 Å². The third-order valence-electron chi connectivity index (χ3n) is 5.17. The largest absolute Gasteiger partial charge is 0.328 e. The number of hydrogen-bond acceptors (Lipinski definition) is 4. The second kappa shape index (κ2) is 9.74. The summed E-state index contributed by atoms with van der Waals surface area (Å²) < 4.78 is 1.59. The van der Waals surface area contributed by atoms with Gasteiger partial charge in [-0.05, 0) is 44.0 Å². The molecule has 1 fully saturated rings. The second-order valence-corrected chi connectivity index (χ2v) is 8.15. The Morgan fingerprint density at radius 1 is 0.964 bits per heavy atom. The van der Waals surface area contributed by atoms with Crippen LogP contribution in [0.1, 0.15) is 24.0 Å². The Balaban J connectivity index is 1.38. The number of benzene rings is 1. The highest BCUT2D eigenvalue weighted by atomic mass is 35.5. The lowest BCUT2D eigenvalue weighted by atomic mass is 10.2. The Kier molecular flexibility index (Phi) is 7.35. The third-order valence-corrected chi connectivity index (χ3v) is 5.91. The molecule has 0 saturated carbocycles. The predicted molar refractivity (Wildman–Crippen MR) is 113 cm³/mol. The van der Waals surface area contributed by atoms with E-state index in [1.165, 1.54) is 5.56 Å². The molecule has 0 spiro atoms. The number of rotatable bonds is 7. The van der Waals surface area contributed by atoms with Gasteiger partial charge in [-0.1, -0.05) is 29.3 Å². The average molecular weight is 425 g/mol. The lowest BCUT2D eigenvalue weighted by molar-refractivity contribution is 0.125. The van der Waals surface area contributed by atoms with Crippen LogP contribution in [-0.2, 0) is 13.1 Å². The molecule has 3 rings (SSSR count). The van der Waals surface area contributed by atoms with Crippen LogP contribution in [-0.4, -0.2) is 52.1 Å². The first-order valence-electron chi connectivity index (χ1n) is 9.61. The fraction of sp³-hybridized carbons (Fsp3) is 0.500. The smallest absolute Gasteiger partial charge is 0.301 e. The standard InChI is InChI=1S/C20H26Cl2N4O2/c1-15-13-26(20(28)23-19(15)27)7-3-2-6-24-8-10-25(11-9-24)14-16-4-5-17(21)18(22)12-16/h4-5,12-13H,2-3,6-11,14H2,1H3,(H,23,27,28). The number of aryl methyl sites for hydroxylation is 2. The molecule has 1 aliphatic rings. The highest BCUT2D eigenvalue weighted by Crippen LogP contribution is 2.23. The molecule has 2 aromatic rings. The van der Waals surface area contributed by atoms with Crippen molar-refractivity contribution in [1.82, 2.24) is 19.4 Å².